The molecule has 0 atom stereocenters. The van der Waals surface area contributed by atoms with E-state index in [1.54, 1.807) is 17.8 Å². The first-order chi connectivity index (χ1) is 12.7. The fourth-order valence-corrected chi connectivity index (χ4v) is 3.84. The molecule has 7 heteroatoms. The van der Waals surface area contributed by atoms with Gasteiger partial charge >= 0.3 is 0 Å². The summed E-state index contributed by atoms with van der Waals surface area (Å²) in [5, 5.41) is 17.1. The van der Waals surface area contributed by atoms with Crippen molar-refractivity contribution in [1.82, 2.24) is 4.90 Å². The largest absolute Gasteiger partial charge is 0.376 e. The van der Waals surface area contributed by atoms with Gasteiger partial charge in [0.2, 0.25) is 0 Å². The van der Waals surface area contributed by atoms with Gasteiger partial charge in [0.15, 0.2) is 10.3 Å². The van der Waals surface area contributed by atoms with Gasteiger partial charge in [0, 0.05) is 18.8 Å². The zero-order valence-corrected chi connectivity index (χ0v) is 15.8. The smallest absolute Gasteiger partial charge is 0.189 e. The van der Waals surface area contributed by atoms with Crippen molar-refractivity contribution in [1.29, 1.82) is 5.26 Å². The van der Waals surface area contributed by atoms with Crippen molar-refractivity contribution in [2.45, 2.75) is 6.42 Å². The molecule has 0 spiro atoms. The molecular formula is C19H19N5S2. The fraction of sp³-hybridized carbons (Fsp3) is 0.211. The average Bonchev–Trinajstić information content (AvgIpc) is 3.14. The molecule has 3 rings (SSSR count). The van der Waals surface area contributed by atoms with Crippen LogP contribution in [0.5, 0.6) is 0 Å². The van der Waals surface area contributed by atoms with E-state index in [2.05, 4.69) is 18.2 Å². The minimum Gasteiger partial charge on any atom is -0.376 e. The number of rotatable bonds is 5. The van der Waals surface area contributed by atoms with Crippen LogP contribution in [0.1, 0.15) is 11.1 Å². The van der Waals surface area contributed by atoms with E-state index < -0.39 is 0 Å². The van der Waals surface area contributed by atoms with Gasteiger partial charge in [0.1, 0.15) is 0 Å². The third kappa shape index (κ3) is 4.54. The number of hydrogen-bond donors (Lipinski definition) is 1. The van der Waals surface area contributed by atoms with Gasteiger partial charge in [-0.25, -0.2) is 0 Å². The fourth-order valence-electron chi connectivity index (χ4n) is 2.64. The molecule has 0 radical (unpaired) electrons. The van der Waals surface area contributed by atoms with Crippen LogP contribution in [-0.2, 0) is 6.42 Å². The van der Waals surface area contributed by atoms with Gasteiger partial charge in [-0.2, -0.15) is 5.26 Å². The van der Waals surface area contributed by atoms with Gasteiger partial charge in [-0.05, 0) is 42.4 Å². The van der Waals surface area contributed by atoms with E-state index in [1.165, 1.54) is 5.56 Å². The van der Waals surface area contributed by atoms with Crippen LogP contribution in [-0.4, -0.2) is 34.0 Å². The number of hydrazone groups is 1. The topological polar surface area (TPSA) is 68.7 Å². The maximum atomic E-state index is 9.20. The lowest BCUT2D eigenvalue weighted by Gasteiger charge is -2.23. The number of nitriles is 1. The molecule has 0 aliphatic carbocycles. The van der Waals surface area contributed by atoms with E-state index >= 15 is 0 Å². The van der Waals surface area contributed by atoms with Crippen LogP contribution in [0.15, 0.2) is 59.7 Å². The highest BCUT2D eigenvalue weighted by molar-refractivity contribution is 8.14. The molecule has 0 unspecified atom stereocenters. The summed E-state index contributed by atoms with van der Waals surface area (Å²) in [6.45, 7) is 1.46. The quantitative estimate of drug-likeness (QED) is 0.634. The molecular weight excluding hydrogens is 362 g/mol. The van der Waals surface area contributed by atoms with E-state index in [0.717, 1.165) is 29.6 Å². The van der Waals surface area contributed by atoms with Gasteiger partial charge in [-0.1, -0.05) is 48.2 Å². The molecule has 1 saturated heterocycles. The Hall–Kier alpha value is -2.56. The first-order valence-electron chi connectivity index (χ1n) is 8.27. The van der Waals surface area contributed by atoms with Crippen LogP contribution in [0.4, 0.5) is 5.69 Å². The van der Waals surface area contributed by atoms with E-state index in [-0.39, 0.29) is 0 Å². The summed E-state index contributed by atoms with van der Waals surface area (Å²) in [5.41, 5.74) is 8.54. The molecule has 2 N–H and O–H groups in total. The van der Waals surface area contributed by atoms with E-state index in [0.29, 0.717) is 17.2 Å². The predicted octanol–water partition coefficient (Wildman–Crippen LogP) is 3.17. The second-order valence-corrected chi connectivity index (χ2v) is 7.22. The van der Waals surface area contributed by atoms with E-state index in [1.807, 2.05) is 46.3 Å². The van der Waals surface area contributed by atoms with Crippen LogP contribution in [0.3, 0.4) is 0 Å². The highest BCUT2D eigenvalue weighted by atomic mass is 32.2. The summed E-state index contributed by atoms with van der Waals surface area (Å²) < 4.78 is 0. The lowest BCUT2D eigenvalue weighted by atomic mass is 10.1. The van der Waals surface area contributed by atoms with Crippen molar-refractivity contribution in [2.24, 2.45) is 10.8 Å². The van der Waals surface area contributed by atoms with Gasteiger partial charge in [0.05, 0.1) is 17.3 Å². The Balaban J connectivity index is 1.88. The van der Waals surface area contributed by atoms with Gasteiger partial charge < -0.3 is 5.73 Å². The van der Waals surface area contributed by atoms with Crippen molar-refractivity contribution in [3.8, 4) is 6.07 Å². The number of thiocarbonyl (C=S) groups is 1. The SMILES string of the molecule is N#Cc1cccc(N(CCc2ccccc2)N=C2SCCN2C(N)=S)c1. The van der Waals surface area contributed by atoms with Crippen molar-refractivity contribution in [3.05, 3.63) is 65.7 Å². The molecule has 0 saturated carbocycles. The molecule has 0 amide bonds. The standard InChI is InChI=1S/C19H19N5S2/c20-14-16-7-4-8-17(13-16)24(10-9-15-5-2-1-3-6-15)22-19-23(18(21)25)11-12-26-19/h1-8,13H,9-12H2,(H2,21,25). The highest BCUT2D eigenvalue weighted by Crippen LogP contribution is 2.22. The number of amidine groups is 1. The summed E-state index contributed by atoms with van der Waals surface area (Å²) in [4.78, 5) is 1.85. The Morgan fingerprint density at radius 2 is 2.08 bits per heavy atom. The van der Waals surface area contributed by atoms with Crippen LogP contribution in [0.25, 0.3) is 0 Å². The van der Waals surface area contributed by atoms with E-state index in [4.69, 9.17) is 23.1 Å². The summed E-state index contributed by atoms with van der Waals surface area (Å²) in [5.74, 6) is 0.904. The van der Waals surface area contributed by atoms with Crippen LogP contribution in [0.2, 0.25) is 0 Å². The normalized spacial score (nSPS) is 15.0. The molecule has 1 aliphatic heterocycles. The lowest BCUT2D eigenvalue weighted by molar-refractivity contribution is 0.672. The molecule has 0 bridgehead atoms. The number of benzene rings is 2. The first kappa shape index (κ1) is 18.2. The Morgan fingerprint density at radius 1 is 1.27 bits per heavy atom. The zero-order valence-electron chi connectivity index (χ0n) is 14.2. The average molecular weight is 382 g/mol. The van der Waals surface area contributed by atoms with Gasteiger partial charge in [0.25, 0.3) is 0 Å². The number of hydrogen-bond acceptors (Lipinski definition) is 5. The zero-order chi connectivity index (χ0) is 18.4. The molecule has 5 nitrogen and oxygen atoms in total. The number of nitrogens with zero attached hydrogens (tertiary/aromatic N) is 4. The van der Waals surface area contributed by atoms with Crippen LogP contribution >= 0.6 is 24.0 Å². The Labute approximate surface area is 163 Å². The number of anilines is 1. The molecule has 1 aliphatic rings. The van der Waals surface area contributed by atoms with Crippen molar-refractivity contribution < 1.29 is 0 Å². The summed E-state index contributed by atoms with van der Waals surface area (Å²) in [7, 11) is 0. The first-order valence-corrected chi connectivity index (χ1v) is 9.67. The van der Waals surface area contributed by atoms with Gasteiger partial charge in [-0.15, -0.1) is 5.10 Å². The monoisotopic (exact) mass is 381 g/mol. The summed E-state index contributed by atoms with van der Waals surface area (Å²) in [6.07, 6.45) is 0.839. The minimum absolute atomic E-state index is 0.336. The third-order valence-corrected chi connectivity index (χ3v) is 5.14. The molecule has 26 heavy (non-hydrogen) atoms. The molecule has 2 aromatic carbocycles. The molecule has 2 aromatic rings. The van der Waals surface area contributed by atoms with Crippen molar-refractivity contribution in [3.63, 3.8) is 0 Å². The third-order valence-electron chi connectivity index (χ3n) is 3.98. The van der Waals surface area contributed by atoms with E-state index in [9.17, 15) is 5.26 Å². The second-order valence-electron chi connectivity index (χ2n) is 5.74. The number of thioether (sulfide) groups is 1. The Kier molecular flexibility index (Phi) is 6.10. The van der Waals surface area contributed by atoms with Crippen molar-refractivity contribution >= 4 is 39.9 Å². The summed E-state index contributed by atoms with van der Waals surface area (Å²) in [6, 6.07) is 19.9. The second kappa shape index (κ2) is 8.70. The predicted molar refractivity (Wildman–Crippen MR) is 112 cm³/mol. The maximum Gasteiger partial charge on any atom is 0.189 e. The maximum absolute atomic E-state index is 9.20. The molecule has 132 valence electrons. The Bertz CT molecular complexity index is 845. The lowest BCUT2D eigenvalue weighted by Crippen LogP contribution is -2.37. The molecule has 0 aromatic heterocycles. The van der Waals surface area contributed by atoms with Gasteiger partial charge in [-0.3, -0.25) is 9.91 Å². The van der Waals surface area contributed by atoms with Crippen LogP contribution in [0, 0.1) is 11.3 Å². The minimum atomic E-state index is 0.336. The Morgan fingerprint density at radius 3 is 2.81 bits per heavy atom. The van der Waals surface area contributed by atoms with Crippen molar-refractivity contribution in [2.75, 3.05) is 23.9 Å². The molecule has 1 heterocycles. The van der Waals surface area contributed by atoms with Crippen LogP contribution < -0.4 is 10.7 Å². The summed E-state index contributed by atoms with van der Waals surface area (Å²) >= 11 is 6.77. The number of nitrogens with two attached hydrogens (primary N) is 1. The highest BCUT2D eigenvalue weighted by Gasteiger charge is 2.23. The molecule has 1 fully saturated rings.